The number of hydrogen-bond acceptors (Lipinski definition) is 4. The Morgan fingerprint density at radius 3 is 2.42 bits per heavy atom. The first kappa shape index (κ1) is 8.83. The summed E-state index contributed by atoms with van der Waals surface area (Å²) in [6.07, 6.45) is 0.954. The largest absolute Gasteiger partial charge is 0.366 e. The third-order valence-electron chi connectivity index (χ3n) is 1.75. The summed E-state index contributed by atoms with van der Waals surface area (Å²) in [5.41, 5.74) is 0.161. The average Bonchev–Trinajstić information content (AvgIpc) is 1.93. The van der Waals surface area contributed by atoms with E-state index in [-0.39, 0.29) is 5.41 Å². The van der Waals surface area contributed by atoms with E-state index < -0.39 is 4.92 Å². The van der Waals surface area contributed by atoms with E-state index in [2.05, 4.69) is 24.5 Å². The van der Waals surface area contributed by atoms with Crippen LogP contribution in [0.3, 0.4) is 0 Å². The Morgan fingerprint density at radius 2 is 2.00 bits per heavy atom. The number of hydrogen-bond donors (Lipinski definition) is 2. The van der Waals surface area contributed by atoms with Crippen molar-refractivity contribution < 1.29 is 4.92 Å². The maximum Gasteiger partial charge on any atom is 0.274 e. The number of nitro groups is 1. The molecule has 0 aromatic carbocycles. The Balaban J connectivity index is 2.52. The molecule has 0 aliphatic carbocycles. The van der Waals surface area contributed by atoms with Crippen LogP contribution in [0.4, 0.5) is 0 Å². The lowest BCUT2D eigenvalue weighted by Gasteiger charge is -2.32. The topological polar surface area (TPSA) is 67.2 Å². The number of nitrogens with one attached hydrogen (secondary N) is 2. The summed E-state index contributed by atoms with van der Waals surface area (Å²) in [5.74, 6) is 0.499. The third-order valence-corrected chi connectivity index (χ3v) is 1.75. The molecule has 1 heterocycles. The van der Waals surface area contributed by atoms with Gasteiger partial charge in [-0.15, -0.1) is 0 Å². The van der Waals surface area contributed by atoms with Gasteiger partial charge in [-0.25, -0.2) is 0 Å². The van der Waals surface area contributed by atoms with Gasteiger partial charge in [0.1, 0.15) is 0 Å². The Hall–Kier alpha value is -1.26. The first-order valence-electron chi connectivity index (χ1n) is 3.83. The van der Waals surface area contributed by atoms with Crippen LogP contribution in [0.5, 0.6) is 0 Å². The van der Waals surface area contributed by atoms with E-state index in [0.717, 1.165) is 19.3 Å². The van der Waals surface area contributed by atoms with Crippen LogP contribution in [0.15, 0.2) is 12.0 Å². The van der Waals surface area contributed by atoms with Gasteiger partial charge in [-0.3, -0.25) is 10.1 Å². The molecule has 1 saturated heterocycles. The Kier molecular flexibility index (Phi) is 2.21. The summed E-state index contributed by atoms with van der Waals surface area (Å²) in [4.78, 5) is 9.61. The lowest BCUT2D eigenvalue weighted by Crippen LogP contribution is -2.47. The van der Waals surface area contributed by atoms with Crippen molar-refractivity contribution in [3.63, 3.8) is 0 Å². The molecule has 0 aromatic rings. The summed E-state index contributed by atoms with van der Waals surface area (Å²) in [5, 5.41) is 16.0. The van der Waals surface area contributed by atoms with Crippen molar-refractivity contribution in [2.45, 2.75) is 13.8 Å². The molecule has 0 radical (unpaired) electrons. The van der Waals surface area contributed by atoms with Gasteiger partial charge >= 0.3 is 0 Å². The minimum absolute atomic E-state index is 0.161. The maximum atomic E-state index is 10.1. The van der Waals surface area contributed by atoms with Crippen molar-refractivity contribution in [2.75, 3.05) is 13.1 Å². The second-order valence-corrected chi connectivity index (χ2v) is 3.70. The van der Waals surface area contributed by atoms with Crippen LogP contribution in [0.2, 0.25) is 0 Å². The van der Waals surface area contributed by atoms with E-state index in [1.807, 2.05) is 0 Å². The molecule has 12 heavy (non-hydrogen) atoms. The number of nitrogens with zero attached hydrogens (tertiary/aromatic N) is 1. The predicted octanol–water partition coefficient (Wildman–Crippen LogP) is 0.281. The molecule has 1 rings (SSSR count). The van der Waals surface area contributed by atoms with Crippen LogP contribution in [0.1, 0.15) is 13.8 Å². The van der Waals surface area contributed by atoms with Crippen LogP contribution < -0.4 is 10.6 Å². The van der Waals surface area contributed by atoms with Gasteiger partial charge < -0.3 is 10.6 Å². The molecular formula is C7H13N3O2. The summed E-state index contributed by atoms with van der Waals surface area (Å²) >= 11 is 0. The lowest BCUT2D eigenvalue weighted by molar-refractivity contribution is -0.404. The normalized spacial score (nSPS) is 20.7. The van der Waals surface area contributed by atoms with Crippen molar-refractivity contribution in [2.24, 2.45) is 5.41 Å². The monoisotopic (exact) mass is 171 g/mol. The van der Waals surface area contributed by atoms with Gasteiger partial charge in [-0.2, -0.15) is 0 Å². The Labute approximate surface area is 71.0 Å². The van der Waals surface area contributed by atoms with Crippen LogP contribution in [0, 0.1) is 15.5 Å². The summed E-state index contributed by atoms with van der Waals surface area (Å²) in [7, 11) is 0. The molecule has 0 saturated carbocycles. The highest BCUT2D eigenvalue weighted by Gasteiger charge is 2.23. The zero-order valence-corrected chi connectivity index (χ0v) is 7.26. The second-order valence-electron chi connectivity index (χ2n) is 3.70. The molecule has 5 heteroatoms. The van der Waals surface area contributed by atoms with Gasteiger partial charge in [0, 0.05) is 13.1 Å². The van der Waals surface area contributed by atoms with E-state index >= 15 is 0 Å². The van der Waals surface area contributed by atoms with Gasteiger partial charge in [-0.1, -0.05) is 13.8 Å². The van der Waals surface area contributed by atoms with Crippen LogP contribution in [0.25, 0.3) is 0 Å². The minimum Gasteiger partial charge on any atom is -0.366 e. The molecule has 1 aliphatic rings. The fourth-order valence-corrected chi connectivity index (χ4v) is 0.991. The van der Waals surface area contributed by atoms with Crippen LogP contribution in [-0.4, -0.2) is 18.0 Å². The second kappa shape index (κ2) is 3.00. The maximum absolute atomic E-state index is 10.1. The van der Waals surface area contributed by atoms with Gasteiger partial charge in [-0.05, 0) is 5.41 Å². The fraction of sp³-hybridized carbons (Fsp3) is 0.714. The molecule has 68 valence electrons. The minimum atomic E-state index is -0.465. The molecule has 0 atom stereocenters. The van der Waals surface area contributed by atoms with Gasteiger partial charge in [0.2, 0.25) is 0 Å². The van der Waals surface area contributed by atoms with Crippen molar-refractivity contribution in [1.82, 2.24) is 10.6 Å². The Morgan fingerprint density at radius 1 is 1.50 bits per heavy atom. The first-order valence-corrected chi connectivity index (χ1v) is 3.83. The SMILES string of the molecule is CC1(C)CNC(=C[N+](=O)[O-])NC1. The molecule has 2 N–H and O–H groups in total. The molecule has 1 fully saturated rings. The van der Waals surface area contributed by atoms with E-state index in [9.17, 15) is 10.1 Å². The van der Waals surface area contributed by atoms with E-state index in [1.165, 1.54) is 0 Å². The van der Waals surface area contributed by atoms with Crippen molar-refractivity contribution in [1.29, 1.82) is 0 Å². The van der Waals surface area contributed by atoms with E-state index in [1.54, 1.807) is 0 Å². The lowest BCUT2D eigenvalue weighted by atomic mass is 9.92. The van der Waals surface area contributed by atoms with Crippen molar-refractivity contribution in [3.05, 3.63) is 22.1 Å². The average molecular weight is 171 g/mol. The highest BCUT2D eigenvalue weighted by atomic mass is 16.6. The van der Waals surface area contributed by atoms with E-state index in [0.29, 0.717) is 5.82 Å². The van der Waals surface area contributed by atoms with Crippen molar-refractivity contribution in [3.8, 4) is 0 Å². The van der Waals surface area contributed by atoms with Gasteiger partial charge in [0.25, 0.3) is 6.20 Å². The summed E-state index contributed by atoms with van der Waals surface area (Å²) in [6, 6.07) is 0. The summed E-state index contributed by atoms with van der Waals surface area (Å²) in [6.45, 7) is 5.71. The van der Waals surface area contributed by atoms with Crippen LogP contribution >= 0.6 is 0 Å². The van der Waals surface area contributed by atoms with Gasteiger partial charge in [0.15, 0.2) is 5.82 Å². The highest BCUT2D eigenvalue weighted by Crippen LogP contribution is 2.15. The highest BCUT2D eigenvalue weighted by molar-refractivity contribution is 4.99. The first-order chi connectivity index (χ1) is 5.49. The predicted molar refractivity (Wildman–Crippen MR) is 44.9 cm³/mol. The summed E-state index contributed by atoms with van der Waals surface area (Å²) < 4.78 is 0. The fourth-order valence-electron chi connectivity index (χ4n) is 0.991. The zero-order chi connectivity index (χ0) is 9.19. The molecule has 0 spiro atoms. The molecule has 0 unspecified atom stereocenters. The van der Waals surface area contributed by atoms with Gasteiger partial charge in [0.05, 0.1) is 4.92 Å². The molecule has 0 aromatic heterocycles. The molecular weight excluding hydrogens is 158 g/mol. The third kappa shape index (κ3) is 2.41. The molecule has 0 bridgehead atoms. The smallest absolute Gasteiger partial charge is 0.274 e. The Bertz CT molecular complexity index is 211. The molecule has 1 aliphatic heterocycles. The number of rotatable bonds is 1. The van der Waals surface area contributed by atoms with E-state index in [4.69, 9.17) is 0 Å². The molecule has 5 nitrogen and oxygen atoms in total. The van der Waals surface area contributed by atoms with Crippen LogP contribution in [-0.2, 0) is 0 Å². The molecule has 0 amide bonds. The standard InChI is InChI=1S/C7H13N3O2/c1-7(2)4-8-6(9-5-7)3-10(11)12/h3,8-9H,4-5H2,1-2H3. The zero-order valence-electron chi connectivity index (χ0n) is 7.26. The van der Waals surface area contributed by atoms with Crippen molar-refractivity contribution >= 4 is 0 Å². The quantitative estimate of drug-likeness (QED) is 0.439.